The van der Waals surface area contributed by atoms with E-state index in [1.807, 2.05) is 34.6 Å². The highest BCUT2D eigenvalue weighted by molar-refractivity contribution is 9.11. The minimum atomic E-state index is -0.144. The molecule has 13 heteroatoms. The normalized spacial score (nSPS) is 12.8. The number of alkyl halides is 1. The standard InChI is InChI=1S/C8H9Br2N3.C8H10BrN3.C4H4BrNO2/c1-5(2)13-7(4-11)8(10)6(3-9)12-13;1-5(2)12-7(4-10)8(9)6(3)11-12;5-6-3(7)1-2-4(6)8/h5H,3H2,1-2H3;5H,1-3H3;1-2H2. The Morgan fingerprint density at radius 1 is 0.909 bits per heavy atom. The van der Waals surface area contributed by atoms with E-state index in [0.29, 0.717) is 29.6 Å². The topological polar surface area (TPSA) is 121 Å². The van der Waals surface area contributed by atoms with E-state index in [0.717, 1.165) is 24.3 Å². The van der Waals surface area contributed by atoms with E-state index < -0.39 is 0 Å². The summed E-state index contributed by atoms with van der Waals surface area (Å²) in [6, 6.07) is 4.69. The third-order valence-corrected chi connectivity index (χ3v) is 7.34. The van der Waals surface area contributed by atoms with Crippen LogP contribution in [0.4, 0.5) is 0 Å². The number of imide groups is 1. The van der Waals surface area contributed by atoms with Gasteiger partial charge in [-0.1, -0.05) is 15.9 Å². The lowest BCUT2D eigenvalue weighted by Gasteiger charge is -2.05. The number of rotatable bonds is 3. The molecular formula is C20H23Br4N7O2. The van der Waals surface area contributed by atoms with Gasteiger partial charge in [-0.3, -0.25) is 19.0 Å². The Bertz CT molecular complexity index is 1080. The molecule has 0 saturated carbocycles. The molecule has 3 heterocycles. The fraction of sp³-hybridized carbons (Fsp3) is 0.500. The average Bonchev–Trinajstić information content (AvgIpc) is 3.37. The number of hydrogen-bond acceptors (Lipinski definition) is 6. The third kappa shape index (κ3) is 7.47. The predicted octanol–water partition coefficient (Wildman–Crippen LogP) is 5.84. The van der Waals surface area contributed by atoms with E-state index in [4.69, 9.17) is 10.5 Å². The number of aryl methyl sites for hydroxylation is 1. The van der Waals surface area contributed by atoms with Crippen molar-refractivity contribution in [1.82, 2.24) is 23.5 Å². The molecule has 0 aliphatic carbocycles. The second kappa shape index (κ2) is 13.4. The number of nitrogens with zero attached hydrogens (tertiary/aromatic N) is 7. The van der Waals surface area contributed by atoms with Gasteiger partial charge in [-0.2, -0.15) is 20.7 Å². The Morgan fingerprint density at radius 2 is 1.33 bits per heavy atom. The van der Waals surface area contributed by atoms with Crippen LogP contribution in [0.1, 0.15) is 75.4 Å². The molecule has 3 rings (SSSR count). The maximum Gasteiger partial charge on any atom is 0.239 e. The van der Waals surface area contributed by atoms with Gasteiger partial charge in [0.25, 0.3) is 0 Å². The molecule has 0 aromatic carbocycles. The zero-order chi connectivity index (χ0) is 25.5. The molecule has 2 amide bonds. The van der Waals surface area contributed by atoms with Gasteiger partial charge in [0, 0.05) is 30.3 Å². The van der Waals surface area contributed by atoms with Crippen molar-refractivity contribution in [3.63, 3.8) is 0 Å². The zero-order valence-electron chi connectivity index (χ0n) is 18.7. The molecule has 0 atom stereocenters. The van der Waals surface area contributed by atoms with Gasteiger partial charge < -0.3 is 0 Å². The van der Waals surface area contributed by atoms with Crippen LogP contribution in [0.2, 0.25) is 0 Å². The lowest BCUT2D eigenvalue weighted by atomic mass is 10.3. The van der Waals surface area contributed by atoms with E-state index in [1.54, 1.807) is 9.36 Å². The summed E-state index contributed by atoms with van der Waals surface area (Å²) < 4.78 is 6.02. The van der Waals surface area contributed by atoms with Gasteiger partial charge >= 0.3 is 0 Å². The fourth-order valence-electron chi connectivity index (χ4n) is 2.57. The minimum Gasteiger partial charge on any atom is -0.274 e. The molecule has 2 aromatic heterocycles. The summed E-state index contributed by atoms with van der Waals surface area (Å²) in [6.45, 7) is 9.87. The maximum absolute atomic E-state index is 10.4. The molecule has 1 fully saturated rings. The number of aromatic nitrogens is 4. The number of hydrogen-bond donors (Lipinski definition) is 0. The second-order valence-corrected chi connectivity index (χ2v) is 10.2. The monoisotopic (exact) mass is 709 g/mol. The van der Waals surface area contributed by atoms with Crippen LogP contribution >= 0.6 is 63.9 Å². The van der Waals surface area contributed by atoms with Crippen LogP contribution in [0.5, 0.6) is 0 Å². The Labute approximate surface area is 226 Å². The molecule has 0 unspecified atom stereocenters. The smallest absolute Gasteiger partial charge is 0.239 e. The van der Waals surface area contributed by atoms with E-state index in [9.17, 15) is 9.59 Å². The molecule has 0 N–H and O–H groups in total. The van der Waals surface area contributed by atoms with Crippen molar-refractivity contribution >= 4 is 75.8 Å². The van der Waals surface area contributed by atoms with Crippen LogP contribution in [0.25, 0.3) is 0 Å². The molecule has 1 aliphatic rings. The molecular weight excluding hydrogens is 690 g/mol. The lowest BCUT2D eigenvalue weighted by molar-refractivity contribution is -0.131. The molecule has 0 spiro atoms. The van der Waals surface area contributed by atoms with Crippen LogP contribution in [0.15, 0.2) is 8.95 Å². The first kappa shape index (κ1) is 29.5. The van der Waals surface area contributed by atoms with Crippen molar-refractivity contribution in [2.24, 2.45) is 0 Å². The van der Waals surface area contributed by atoms with Gasteiger partial charge in [0.15, 0.2) is 11.4 Å². The number of carbonyl (C=O) groups excluding carboxylic acids is 2. The van der Waals surface area contributed by atoms with Crippen molar-refractivity contribution in [1.29, 1.82) is 10.5 Å². The van der Waals surface area contributed by atoms with Crippen LogP contribution in [-0.2, 0) is 14.9 Å². The highest BCUT2D eigenvalue weighted by Crippen LogP contribution is 2.25. The van der Waals surface area contributed by atoms with E-state index in [1.165, 1.54) is 0 Å². The molecule has 0 bridgehead atoms. The number of amides is 2. The molecule has 9 nitrogen and oxygen atoms in total. The Kier molecular flexibility index (Phi) is 12.0. The third-order valence-electron chi connectivity index (χ3n) is 4.24. The van der Waals surface area contributed by atoms with Crippen LogP contribution in [0, 0.1) is 29.6 Å². The summed E-state index contributed by atoms with van der Waals surface area (Å²) >= 11 is 12.8. The number of halogens is 4. The zero-order valence-corrected chi connectivity index (χ0v) is 25.1. The van der Waals surface area contributed by atoms with Gasteiger partial charge in [0.1, 0.15) is 12.1 Å². The SMILES string of the molecule is CC(C)n1nc(CBr)c(Br)c1C#N.Cc1nn(C(C)C)c(C#N)c1Br.O=C1CCC(=O)N1Br. The molecule has 33 heavy (non-hydrogen) atoms. The number of carbonyl (C=O) groups is 2. The summed E-state index contributed by atoms with van der Waals surface area (Å²) in [6.07, 6.45) is 0.703. The van der Waals surface area contributed by atoms with Crippen molar-refractivity contribution in [3.8, 4) is 12.1 Å². The maximum atomic E-state index is 10.4. The van der Waals surface area contributed by atoms with Crippen LogP contribution < -0.4 is 0 Å². The quantitative estimate of drug-likeness (QED) is 0.224. The van der Waals surface area contributed by atoms with Crippen molar-refractivity contribution in [2.45, 2.75) is 64.9 Å². The highest BCUT2D eigenvalue weighted by atomic mass is 79.9. The second-order valence-electron chi connectivity index (χ2n) is 7.36. The Hall–Kier alpha value is -1.54. The lowest BCUT2D eigenvalue weighted by Crippen LogP contribution is -2.16. The van der Waals surface area contributed by atoms with Gasteiger partial charge in [0.2, 0.25) is 11.8 Å². The van der Waals surface area contributed by atoms with E-state index >= 15 is 0 Å². The highest BCUT2D eigenvalue weighted by Gasteiger charge is 2.26. The van der Waals surface area contributed by atoms with Crippen molar-refractivity contribution < 1.29 is 9.59 Å². The largest absolute Gasteiger partial charge is 0.274 e. The van der Waals surface area contributed by atoms with Gasteiger partial charge in [0.05, 0.1) is 36.5 Å². The summed E-state index contributed by atoms with van der Waals surface area (Å²) in [4.78, 5) is 20.9. The minimum absolute atomic E-state index is 0.144. The molecule has 1 aliphatic heterocycles. The van der Waals surface area contributed by atoms with Gasteiger partial charge in [-0.25, -0.2) is 3.93 Å². The van der Waals surface area contributed by atoms with Gasteiger partial charge in [-0.15, -0.1) is 0 Å². The number of nitriles is 2. The van der Waals surface area contributed by atoms with Crippen LogP contribution in [0.3, 0.4) is 0 Å². The predicted molar refractivity (Wildman–Crippen MR) is 137 cm³/mol. The fourth-order valence-corrected chi connectivity index (χ4v) is 4.53. The van der Waals surface area contributed by atoms with Crippen molar-refractivity contribution in [3.05, 3.63) is 31.7 Å². The Balaban J connectivity index is 0.000000254. The average molecular weight is 713 g/mol. The first-order valence-electron chi connectivity index (χ1n) is 9.80. The van der Waals surface area contributed by atoms with E-state index in [2.05, 4.69) is 86.3 Å². The molecule has 0 radical (unpaired) electrons. The van der Waals surface area contributed by atoms with E-state index in [-0.39, 0.29) is 23.9 Å². The van der Waals surface area contributed by atoms with Crippen molar-refractivity contribution in [2.75, 3.05) is 0 Å². The summed E-state index contributed by atoms with van der Waals surface area (Å²) in [5.41, 5.74) is 2.91. The van der Waals surface area contributed by atoms with Crippen LogP contribution in [-0.4, -0.2) is 35.3 Å². The molecule has 2 aromatic rings. The molecule has 1 saturated heterocycles. The summed E-state index contributed by atoms with van der Waals surface area (Å²) in [5, 5.41) is 26.9. The first-order valence-corrected chi connectivity index (χ1v) is 13.2. The van der Waals surface area contributed by atoms with Gasteiger partial charge in [-0.05, 0) is 66.5 Å². The Morgan fingerprint density at radius 3 is 1.61 bits per heavy atom. The summed E-state index contributed by atoms with van der Waals surface area (Å²) in [7, 11) is 0. The summed E-state index contributed by atoms with van der Waals surface area (Å²) in [5.74, 6) is -0.287. The molecule has 178 valence electrons. The first-order chi connectivity index (χ1) is 15.4.